The lowest BCUT2D eigenvalue weighted by Gasteiger charge is -2.23. The number of β-amino-alcohol motifs (C(OH)–C–C–N with tert-alkyl or cyclic N) is 1. The van der Waals surface area contributed by atoms with E-state index in [0.717, 1.165) is 17.1 Å². The molecular weight excluding hydrogens is 388 g/mol. The van der Waals surface area contributed by atoms with Crippen molar-refractivity contribution in [3.8, 4) is 16.2 Å². The van der Waals surface area contributed by atoms with Crippen LogP contribution >= 0.6 is 23.9 Å². The quantitative estimate of drug-likeness (QED) is 0.723. The van der Waals surface area contributed by atoms with Crippen LogP contribution < -0.4 is 10.1 Å². The van der Waals surface area contributed by atoms with Gasteiger partial charge in [-0.15, -0.1) is 17.5 Å². The van der Waals surface area contributed by atoms with Gasteiger partial charge in [0.2, 0.25) is 0 Å². The highest BCUT2D eigenvalue weighted by molar-refractivity contribution is 7.09. The third-order valence-corrected chi connectivity index (χ3v) is 4.29. The monoisotopic (exact) mass is 414 g/mol. The Bertz CT molecular complexity index is 746. The first-order chi connectivity index (χ1) is 12.2. The number of nitrogens with one attached hydrogen (secondary N) is 1. The number of rotatable bonds is 7. The van der Waals surface area contributed by atoms with Gasteiger partial charge in [-0.05, 0) is 44.4 Å². The fourth-order valence-electron chi connectivity index (χ4n) is 2.17. The van der Waals surface area contributed by atoms with E-state index in [-0.39, 0.29) is 30.5 Å². The highest BCUT2D eigenvalue weighted by Crippen LogP contribution is 2.34. The predicted octanol–water partition coefficient (Wildman–Crippen LogP) is 2.46. The molecule has 0 aliphatic heterocycles. The van der Waals surface area contributed by atoms with Gasteiger partial charge in [0.25, 0.3) is 5.91 Å². The average Bonchev–Trinajstić information content (AvgIpc) is 3.06. The Morgan fingerprint density at radius 1 is 1.33 bits per heavy atom. The highest BCUT2D eigenvalue weighted by Gasteiger charge is 2.22. The molecule has 0 radical (unpaired) electrons. The number of hydrogen-bond donors (Lipinski definition) is 2. The summed E-state index contributed by atoms with van der Waals surface area (Å²) < 4.78 is 9.74. The number of amides is 1. The van der Waals surface area contributed by atoms with E-state index in [0.29, 0.717) is 22.9 Å². The van der Waals surface area contributed by atoms with Crippen LogP contribution in [0.3, 0.4) is 0 Å². The van der Waals surface area contributed by atoms with E-state index in [1.807, 2.05) is 45.0 Å². The third kappa shape index (κ3) is 6.73. The molecule has 0 bridgehead atoms. The summed E-state index contributed by atoms with van der Waals surface area (Å²) in [6, 6.07) is 7.38. The van der Waals surface area contributed by atoms with Crippen molar-refractivity contribution < 1.29 is 14.6 Å². The average molecular weight is 415 g/mol. The minimum absolute atomic E-state index is 0. The summed E-state index contributed by atoms with van der Waals surface area (Å²) in [5, 5.41) is 17.3. The summed E-state index contributed by atoms with van der Waals surface area (Å²) in [5.41, 5.74) is 0.962. The van der Waals surface area contributed by atoms with Gasteiger partial charge in [0, 0.05) is 31.7 Å². The van der Waals surface area contributed by atoms with E-state index in [2.05, 4.69) is 14.9 Å². The second-order valence-electron chi connectivity index (χ2n) is 7.24. The summed E-state index contributed by atoms with van der Waals surface area (Å²) in [4.78, 5) is 14.4. The molecule has 27 heavy (non-hydrogen) atoms. The van der Waals surface area contributed by atoms with Crippen LogP contribution in [0.5, 0.6) is 5.75 Å². The minimum Gasteiger partial charge on any atom is -0.490 e. The molecule has 1 aromatic carbocycles. The number of aliphatic hydroxyl groups is 1. The molecule has 0 spiro atoms. The molecule has 7 nitrogen and oxygen atoms in total. The normalized spacial score (nSPS) is 12.2. The molecule has 1 atom stereocenters. The lowest BCUT2D eigenvalue weighted by atomic mass is 10.1. The van der Waals surface area contributed by atoms with E-state index in [1.54, 1.807) is 14.1 Å². The van der Waals surface area contributed by atoms with Crippen LogP contribution in [0.25, 0.3) is 10.4 Å². The van der Waals surface area contributed by atoms with Gasteiger partial charge >= 0.3 is 0 Å². The molecule has 0 fully saturated rings. The Hall–Kier alpha value is -1.74. The van der Waals surface area contributed by atoms with Crippen LogP contribution in [0.1, 0.15) is 31.3 Å². The van der Waals surface area contributed by atoms with Crippen LogP contribution in [0, 0.1) is 0 Å². The van der Waals surface area contributed by atoms with Gasteiger partial charge in [0.15, 0.2) is 5.69 Å². The lowest BCUT2D eigenvalue weighted by Crippen LogP contribution is -2.42. The molecule has 2 aromatic rings. The standard InChI is InChI=1S/C18H26N4O3S.ClH/c1-18(2,3)19-10-12(23)11-25-14-9-7-6-8-13(14)16-15(20-21-26-16)17(24)22(4)5;/h6-9,12,19,23H,10-11H2,1-5H3;1H. The van der Waals surface area contributed by atoms with Gasteiger partial charge < -0.3 is 20.1 Å². The SMILES string of the molecule is CN(C)C(=O)c1nnsc1-c1ccccc1OCC(O)CNC(C)(C)C.Cl. The van der Waals surface area contributed by atoms with E-state index >= 15 is 0 Å². The number of aliphatic hydroxyl groups excluding tert-OH is 1. The Labute approximate surface area is 170 Å². The van der Waals surface area contributed by atoms with E-state index in [4.69, 9.17) is 4.74 Å². The van der Waals surface area contributed by atoms with E-state index < -0.39 is 6.10 Å². The van der Waals surface area contributed by atoms with Gasteiger partial charge in [0.05, 0.1) is 4.88 Å². The van der Waals surface area contributed by atoms with Crippen LogP contribution in [0.15, 0.2) is 24.3 Å². The molecule has 1 amide bonds. The molecule has 2 rings (SSSR count). The molecule has 1 aromatic heterocycles. The van der Waals surface area contributed by atoms with Gasteiger partial charge in [-0.1, -0.05) is 16.6 Å². The predicted molar refractivity (Wildman–Crippen MR) is 110 cm³/mol. The lowest BCUT2D eigenvalue weighted by molar-refractivity contribution is 0.0822. The van der Waals surface area contributed by atoms with Crippen molar-refractivity contribution in [2.24, 2.45) is 0 Å². The Morgan fingerprint density at radius 3 is 2.63 bits per heavy atom. The number of carbonyl (C=O) groups excluding carboxylic acids is 1. The number of para-hydroxylation sites is 1. The van der Waals surface area contributed by atoms with Crippen molar-refractivity contribution in [2.75, 3.05) is 27.2 Å². The molecular formula is C18H27ClN4O3S. The van der Waals surface area contributed by atoms with Crippen LogP contribution in [0.4, 0.5) is 0 Å². The van der Waals surface area contributed by atoms with Gasteiger partial charge in [-0.3, -0.25) is 4.79 Å². The Balaban J connectivity index is 0.00000364. The fourth-order valence-corrected chi connectivity index (χ4v) is 2.85. The second-order valence-corrected chi connectivity index (χ2v) is 8.00. The van der Waals surface area contributed by atoms with Gasteiger partial charge in [-0.2, -0.15) is 0 Å². The zero-order valence-electron chi connectivity index (χ0n) is 16.2. The largest absolute Gasteiger partial charge is 0.490 e. The van der Waals surface area contributed by atoms with Gasteiger partial charge in [-0.25, -0.2) is 0 Å². The van der Waals surface area contributed by atoms with Crippen LogP contribution in [-0.4, -0.2) is 64.4 Å². The second kappa shape index (κ2) is 9.98. The third-order valence-electron chi connectivity index (χ3n) is 3.53. The van der Waals surface area contributed by atoms with Crippen molar-refractivity contribution >= 4 is 29.8 Å². The van der Waals surface area contributed by atoms with Crippen LogP contribution in [-0.2, 0) is 0 Å². The maximum atomic E-state index is 12.3. The first kappa shape index (κ1) is 23.3. The van der Waals surface area contributed by atoms with Crippen LogP contribution in [0.2, 0.25) is 0 Å². The molecule has 0 aliphatic carbocycles. The number of benzene rings is 1. The number of ether oxygens (including phenoxy) is 1. The van der Waals surface area contributed by atoms with Crippen molar-refractivity contribution in [3.63, 3.8) is 0 Å². The Kier molecular flexibility index (Phi) is 8.61. The molecule has 2 N–H and O–H groups in total. The summed E-state index contributed by atoms with van der Waals surface area (Å²) in [7, 11) is 3.35. The van der Waals surface area contributed by atoms with E-state index in [1.165, 1.54) is 4.90 Å². The minimum atomic E-state index is -0.648. The number of halogens is 1. The van der Waals surface area contributed by atoms with Crippen molar-refractivity contribution in [3.05, 3.63) is 30.0 Å². The molecule has 150 valence electrons. The summed E-state index contributed by atoms with van der Waals surface area (Å²) in [6.45, 7) is 6.68. The first-order valence-electron chi connectivity index (χ1n) is 8.38. The summed E-state index contributed by atoms with van der Waals surface area (Å²) in [6.07, 6.45) is -0.648. The molecule has 1 unspecified atom stereocenters. The van der Waals surface area contributed by atoms with Crippen molar-refractivity contribution in [1.82, 2.24) is 19.8 Å². The summed E-state index contributed by atoms with van der Waals surface area (Å²) >= 11 is 1.15. The Morgan fingerprint density at radius 2 is 2.00 bits per heavy atom. The zero-order valence-corrected chi connectivity index (χ0v) is 17.9. The maximum Gasteiger partial charge on any atom is 0.275 e. The number of hydrogen-bond acceptors (Lipinski definition) is 7. The zero-order chi connectivity index (χ0) is 19.3. The highest BCUT2D eigenvalue weighted by atomic mass is 35.5. The van der Waals surface area contributed by atoms with Gasteiger partial charge in [0.1, 0.15) is 18.5 Å². The first-order valence-corrected chi connectivity index (χ1v) is 9.15. The molecule has 1 heterocycles. The molecule has 0 aliphatic rings. The summed E-state index contributed by atoms with van der Waals surface area (Å²) in [5.74, 6) is 0.374. The van der Waals surface area contributed by atoms with Crippen molar-refractivity contribution in [1.29, 1.82) is 0 Å². The smallest absolute Gasteiger partial charge is 0.275 e. The number of carbonyl (C=O) groups is 1. The molecule has 9 heteroatoms. The van der Waals surface area contributed by atoms with Crippen molar-refractivity contribution in [2.45, 2.75) is 32.4 Å². The van der Waals surface area contributed by atoms with E-state index in [9.17, 15) is 9.90 Å². The molecule has 0 saturated heterocycles. The fraction of sp³-hybridized carbons (Fsp3) is 0.500. The topological polar surface area (TPSA) is 87.6 Å². The molecule has 0 saturated carbocycles. The number of nitrogens with zero attached hydrogens (tertiary/aromatic N) is 3. The maximum absolute atomic E-state index is 12.3. The number of aromatic nitrogens is 2.